The molecule has 2 aromatic carbocycles. The minimum atomic E-state index is -0.473. The van der Waals surface area contributed by atoms with E-state index in [1.54, 1.807) is 26.0 Å². The molecule has 3 rings (SSSR count). The zero-order chi connectivity index (χ0) is 17.1. The molecule has 0 saturated heterocycles. The fraction of sp³-hybridized carbons (Fsp3) is 0.100. The Kier molecular flexibility index (Phi) is 4.29. The van der Waals surface area contributed by atoms with E-state index in [-0.39, 0.29) is 5.43 Å². The minimum Gasteiger partial charge on any atom is -0.456 e. The number of fused-ring (bicyclic) bond motifs is 1. The second-order valence-electron chi connectivity index (χ2n) is 5.64. The van der Waals surface area contributed by atoms with Crippen LogP contribution in [0.25, 0.3) is 22.3 Å². The summed E-state index contributed by atoms with van der Waals surface area (Å²) in [6.45, 7) is 3.61. The molecule has 0 bridgehead atoms. The quantitative estimate of drug-likeness (QED) is 0.409. The minimum absolute atomic E-state index is 0.185. The molecule has 1 aromatic heterocycles. The van der Waals surface area contributed by atoms with Gasteiger partial charge >= 0.3 is 5.97 Å². The molecule has 0 saturated carbocycles. The smallest absolute Gasteiger partial charge is 0.336 e. The van der Waals surface area contributed by atoms with Crippen LogP contribution in [0.15, 0.2) is 75.5 Å². The summed E-state index contributed by atoms with van der Waals surface area (Å²) in [5.41, 5.74) is 1.93. The van der Waals surface area contributed by atoms with Gasteiger partial charge in [0.05, 0.1) is 5.39 Å². The van der Waals surface area contributed by atoms with Gasteiger partial charge in [0, 0.05) is 17.7 Å². The zero-order valence-electron chi connectivity index (χ0n) is 13.4. The van der Waals surface area contributed by atoms with Crippen molar-refractivity contribution in [1.29, 1.82) is 0 Å². The molecule has 120 valence electrons. The summed E-state index contributed by atoms with van der Waals surface area (Å²) in [4.78, 5) is 24.1. The largest absolute Gasteiger partial charge is 0.456 e. The van der Waals surface area contributed by atoms with E-state index in [1.165, 1.54) is 18.2 Å². The van der Waals surface area contributed by atoms with E-state index in [4.69, 9.17) is 9.15 Å². The summed E-state index contributed by atoms with van der Waals surface area (Å²) >= 11 is 0. The average molecular weight is 320 g/mol. The van der Waals surface area contributed by atoms with Gasteiger partial charge in [-0.1, -0.05) is 35.9 Å². The van der Waals surface area contributed by atoms with Crippen LogP contribution in [0.3, 0.4) is 0 Å². The van der Waals surface area contributed by atoms with E-state index in [0.29, 0.717) is 22.5 Å². The average Bonchev–Trinajstić information content (AvgIpc) is 2.55. The maximum absolute atomic E-state index is 12.4. The number of rotatable bonds is 3. The molecule has 0 aliphatic carbocycles. The van der Waals surface area contributed by atoms with Crippen molar-refractivity contribution in [3.05, 3.63) is 76.5 Å². The van der Waals surface area contributed by atoms with E-state index < -0.39 is 5.97 Å². The SMILES string of the molecule is CC(C)=CC(=O)Oc1ccc2oc(-c3ccccc3)cc(=O)c2c1. The number of allylic oxidation sites excluding steroid dienone is 1. The van der Waals surface area contributed by atoms with Gasteiger partial charge in [0.25, 0.3) is 0 Å². The van der Waals surface area contributed by atoms with Crippen molar-refractivity contribution in [2.24, 2.45) is 0 Å². The molecule has 0 aliphatic rings. The molecule has 0 spiro atoms. The summed E-state index contributed by atoms with van der Waals surface area (Å²) < 4.78 is 11.0. The Morgan fingerprint density at radius 2 is 1.79 bits per heavy atom. The Hall–Kier alpha value is -3.14. The molecule has 3 aromatic rings. The monoisotopic (exact) mass is 320 g/mol. The van der Waals surface area contributed by atoms with Crippen molar-refractivity contribution >= 4 is 16.9 Å². The van der Waals surface area contributed by atoms with Gasteiger partial charge < -0.3 is 9.15 Å². The van der Waals surface area contributed by atoms with Crippen LogP contribution < -0.4 is 10.2 Å². The highest BCUT2D eigenvalue weighted by atomic mass is 16.5. The van der Waals surface area contributed by atoms with Crippen molar-refractivity contribution in [3.63, 3.8) is 0 Å². The lowest BCUT2D eigenvalue weighted by atomic mass is 10.1. The summed E-state index contributed by atoms with van der Waals surface area (Å²) in [5, 5.41) is 0.372. The summed E-state index contributed by atoms with van der Waals surface area (Å²) in [6.07, 6.45) is 1.39. The van der Waals surface area contributed by atoms with Crippen molar-refractivity contribution in [2.75, 3.05) is 0 Å². The fourth-order valence-corrected chi connectivity index (χ4v) is 2.32. The third kappa shape index (κ3) is 3.43. The number of ether oxygens (including phenoxy) is 1. The lowest BCUT2D eigenvalue weighted by molar-refractivity contribution is -0.129. The van der Waals surface area contributed by atoms with Crippen molar-refractivity contribution in [3.8, 4) is 17.1 Å². The third-order valence-corrected chi connectivity index (χ3v) is 3.38. The first-order valence-corrected chi connectivity index (χ1v) is 7.53. The van der Waals surface area contributed by atoms with Crippen molar-refractivity contribution in [2.45, 2.75) is 13.8 Å². The topological polar surface area (TPSA) is 56.5 Å². The van der Waals surface area contributed by atoms with Crippen LogP contribution in [0.1, 0.15) is 13.8 Å². The zero-order valence-corrected chi connectivity index (χ0v) is 13.4. The van der Waals surface area contributed by atoms with Crippen LogP contribution in [0.2, 0.25) is 0 Å². The summed E-state index contributed by atoms with van der Waals surface area (Å²) in [7, 11) is 0. The summed E-state index contributed by atoms with van der Waals surface area (Å²) in [6, 6.07) is 15.6. The van der Waals surface area contributed by atoms with Crippen LogP contribution in [-0.2, 0) is 4.79 Å². The van der Waals surface area contributed by atoms with E-state index >= 15 is 0 Å². The Bertz CT molecular complexity index is 977. The molecule has 0 N–H and O–H groups in total. The number of esters is 1. The van der Waals surface area contributed by atoms with E-state index in [9.17, 15) is 9.59 Å². The molecule has 24 heavy (non-hydrogen) atoms. The Balaban J connectivity index is 2.00. The van der Waals surface area contributed by atoms with Gasteiger partial charge in [-0.15, -0.1) is 0 Å². The molecule has 1 heterocycles. The lowest BCUT2D eigenvalue weighted by Gasteiger charge is -2.05. The Morgan fingerprint density at radius 1 is 1.04 bits per heavy atom. The van der Waals surface area contributed by atoms with Crippen LogP contribution in [-0.4, -0.2) is 5.97 Å². The molecule has 0 radical (unpaired) electrons. The number of hydrogen-bond donors (Lipinski definition) is 0. The molecule has 4 nitrogen and oxygen atoms in total. The first kappa shape index (κ1) is 15.7. The van der Waals surface area contributed by atoms with Gasteiger partial charge in [-0.25, -0.2) is 4.79 Å². The van der Waals surface area contributed by atoms with Crippen molar-refractivity contribution in [1.82, 2.24) is 0 Å². The Labute approximate surface area is 139 Å². The van der Waals surface area contributed by atoms with E-state index in [1.807, 2.05) is 30.3 Å². The van der Waals surface area contributed by atoms with Gasteiger partial charge in [-0.3, -0.25) is 4.79 Å². The van der Waals surface area contributed by atoms with Crippen LogP contribution in [0.5, 0.6) is 5.75 Å². The highest BCUT2D eigenvalue weighted by molar-refractivity contribution is 5.86. The molecular weight excluding hydrogens is 304 g/mol. The maximum atomic E-state index is 12.4. The highest BCUT2D eigenvalue weighted by Gasteiger charge is 2.09. The van der Waals surface area contributed by atoms with Gasteiger partial charge in [-0.05, 0) is 32.0 Å². The van der Waals surface area contributed by atoms with E-state index in [2.05, 4.69) is 0 Å². The van der Waals surface area contributed by atoms with E-state index in [0.717, 1.165) is 11.1 Å². The molecular formula is C20H16O4. The number of benzene rings is 2. The van der Waals surface area contributed by atoms with Gasteiger partial charge in [0.2, 0.25) is 0 Å². The standard InChI is InChI=1S/C20H16O4/c1-13(2)10-20(22)23-15-8-9-18-16(11-15)17(21)12-19(24-18)14-6-4-3-5-7-14/h3-12H,1-2H3. The predicted molar refractivity (Wildman–Crippen MR) is 93.0 cm³/mol. The number of carbonyl (C=O) groups is 1. The third-order valence-electron chi connectivity index (χ3n) is 3.38. The highest BCUT2D eigenvalue weighted by Crippen LogP contribution is 2.24. The lowest BCUT2D eigenvalue weighted by Crippen LogP contribution is -2.06. The summed E-state index contributed by atoms with van der Waals surface area (Å²) in [5.74, 6) is 0.340. The maximum Gasteiger partial charge on any atom is 0.336 e. The second-order valence-corrected chi connectivity index (χ2v) is 5.64. The van der Waals surface area contributed by atoms with Gasteiger partial charge in [0.15, 0.2) is 5.43 Å². The van der Waals surface area contributed by atoms with Gasteiger partial charge in [-0.2, -0.15) is 0 Å². The van der Waals surface area contributed by atoms with Crippen LogP contribution in [0.4, 0.5) is 0 Å². The molecule has 4 heteroatoms. The van der Waals surface area contributed by atoms with Crippen LogP contribution >= 0.6 is 0 Å². The normalized spacial score (nSPS) is 10.4. The Morgan fingerprint density at radius 3 is 2.50 bits per heavy atom. The predicted octanol–water partition coefficient (Wildman–Crippen LogP) is 4.33. The van der Waals surface area contributed by atoms with Crippen molar-refractivity contribution < 1.29 is 13.9 Å². The molecule has 0 amide bonds. The number of carbonyl (C=O) groups excluding carboxylic acids is 1. The van der Waals surface area contributed by atoms with Gasteiger partial charge in [0.1, 0.15) is 17.1 Å². The van der Waals surface area contributed by atoms with Crippen LogP contribution in [0, 0.1) is 0 Å². The molecule has 0 fully saturated rings. The molecule has 0 unspecified atom stereocenters. The first-order chi connectivity index (χ1) is 11.5. The second kappa shape index (κ2) is 6.54. The first-order valence-electron chi connectivity index (χ1n) is 7.53. The fourth-order valence-electron chi connectivity index (χ4n) is 2.32. The molecule has 0 atom stereocenters. The molecule has 0 aliphatic heterocycles. The number of hydrogen-bond acceptors (Lipinski definition) is 4.